The van der Waals surface area contributed by atoms with Crippen molar-refractivity contribution in [2.24, 2.45) is 5.16 Å². The average Bonchev–Trinajstić information content (AvgIpc) is 2.63. The van der Waals surface area contributed by atoms with Gasteiger partial charge in [0.15, 0.2) is 0 Å². The van der Waals surface area contributed by atoms with Crippen LogP contribution in [-0.2, 0) is 9.63 Å². The number of hydrogen-bond acceptors (Lipinski definition) is 4. The van der Waals surface area contributed by atoms with Gasteiger partial charge in [0, 0.05) is 24.4 Å². The van der Waals surface area contributed by atoms with Crippen molar-refractivity contribution in [2.45, 2.75) is 25.9 Å². The number of carbonyl (C=O) groups is 1. The highest BCUT2D eigenvalue weighted by Crippen LogP contribution is 2.27. The van der Waals surface area contributed by atoms with E-state index in [0.29, 0.717) is 5.71 Å². The van der Waals surface area contributed by atoms with Gasteiger partial charge in [-0.15, -0.1) is 0 Å². The molecule has 1 aliphatic rings. The van der Waals surface area contributed by atoms with Crippen LogP contribution in [0.3, 0.4) is 0 Å². The van der Waals surface area contributed by atoms with Crippen molar-refractivity contribution >= 4 is 11.7 Å². The number of aryl methyl sites for hydroxylation is 1. The summed E-state index contributed by atoms with van der Waals surface area (Å²) in [5.41, 5.74) is 1.23. The van der Waals surface area contributed by atoms with Gasteiger partial charge in [0.05, 0.1) is 5.71 Å². The molecule has 2 heterocycles. The normalized spacial score (nSPS) is 23.8. The van der Waals surface area contributed by atoms with Crippen LogP contribution in [0.4, 0.5) is 0 Å². The standard InChI is InChI=1S/C11H12N2O3/c1-7-3-4-12-6-8(7)9-5-11(2,10(14)15)16-13-9/h3-4,6H,5H2,1-2H3,(H,14,15). The largest absolute Gasteiger partial charge is 0.478 e. The molecule has 1 aromatic rings. The number of carboxylic acids is 1. The van der Waals surface area contributed by atoms with Crippen molar-refractivity contribution in [3.63, 3.8) is 0 Å². The fourth-order valence-electron chi connectivity index (χ4n) is 1.57. The summed E-state index contributed by atoms with van der Waals surface area (Å²) in [6, 6.07) is 1.86. The van der Waals surface area contributed by atoms with Gasteiger partial charge in [-0.05, 0) is 25.5 Å². The Hall–Kier alpha value is -1.91. The van der Waals surface area contributed by atoms with Gasteiger partial charge >= 0.3 is 5.97 Å². The maximum absolute atomic E-state index is 11.0. The number of pyridine rings is 1. The third-order valence-electron chi connectivity index (χ3n) is 2.66. The van der Waals surface area contributed by atoms with Gasteiger partial charge in [-0.3, -0.25) is 4.98 Å². The molecule has 1 aliphatic heterocycles. The zero-order valence-corrected chi connectivity index (χ0v) is 9.10. The van der Waals surface area contributed by atoms with Crippen LogP contribution in [0.15, 0.2) is 23.6 Å². The Morgan fingerprint density at radius 2 is 2.38 bits per heavy atom. The molecule has 0 saturated carbocycles. The monoisotopic (exact) mass is 220 g/mol. The maximum Gasteiger partial charge on any atom is 0.351 e. The van der Waals surface area contributed by atoms with E-state index in [1.807, 2.05) is 13.0 Å². The fourth-order valence-corrected chi connectivity index (χ4v) is 1.57. The van der Waals surface area contributed by atoms with Crippen molar-refractivity contribution in [1.29, 1.82) is 0 Å². The van der Waals surface area contributed by atoms with E-state index in [9.17, 15) is 4.79 Å². The minimum Gasteiger partial charge on any atom is -0.478 e. The summed E-state index contributed by atoms with van der Waals surface area (Å²) in [5, 5.41) is 12.8. The molecule has 1 atom stereocenters. The van der Waals surface area contributed by atoms with E-state index in [4.69, 9.17) is 9.94 Å². The molecule has 0 bridgehead atoms. The summed E-state index contributed by atoms with van der Waals surface area (Å²) in [7, 11) is 0. The predicted octanol–water partition coefficient (Wildman–Crippen LogP) is 1.36. The molecule has 16 heavy (non-hydrogen) atoms. The first kappa shape index (κ1) is 10.6. The molecule has 0 saturated heterocycles. The van der Waals surface area contributed by atoms with Crippen LogP contribution in [0.1, 0.15) is 24.5 Å². The highest BCUT2D eigenvalue weighted by atomic mass is 16.7. The first-order valence-corrected chi connectivity index (χ1v) is 4.92. The highest BCUT2D eigenvalue weighted by molar-refractivity contribution is 6.05. The minimum absolute atomic E-state index is 0.259. The summed E-state index contributed by atoms with van der Waals surface area (Å²) in [6.07, 6.45) is 3.62. The number of aliphatic carboxylic acids is 1. The van der Waals surface area contributed by atoms with Crippen molar-refractivity contribution < 1.29 is 14.7 Å². The van der Waals surface area contributed by atoms with E-state index in [-0.39, 0.29) is 6.42 Å². The second-order valence-electron chi connectivity index (χ2n) is 4.03. The zero-order valence-electron chi connectivity index (χ0n) is 9.10. The van der Waals surface area contributed by atoms with Crippen molar-refractivity contribution in [1.82, 2.24) is 4.98 Å². The average molecular weight is 220 g/mol. The van der Waals surface area contributed by atoms with Crippen LogP contribution in [0.25, 0.3) is 0 Å². The fraction of sp³-hybridized carbons (Fsp3) is 0.364. The summed E-state index contributed by atoms with van der Waals surface area (Å²) >= 11 is 0. The van der Waals surface area contributed by atoms with E-state index in [1.54, 1.807) is 12.4 Å². The Bertz CT molecular complexity index is 470. The van der Waals surface area contributed by atoms with Gasteiger partial charge in [-0.1, -0.05) is 5.16 Å². The maximum atomic E-state index is 11.0. The van der Waals surface area contributed by atoms with Gasteiger partial charge in [0.1, 0.15) is 0 Å². The molecule has 0 aliphatic carbocycles. The van der Waals surface area contributed by atoms with E-state index in [2.05, 4.69) is 10.1 Å². The molecular weight excluding hydrogens is 208 g/mol. The SMILES string of the molecule is Cc1ccncc1C1=NOC(C)(C(=O)O)C1. The summed E-state index contributed by atoms with van der Waals surface area (Å²) in [5.74, 6) is -1.01. The van der Waals surface area contributed by atoms with Gasteiger partial charge in [0.25, 0.3) is 0 Å². The van der Waals surface area contributed by atoms with Gasteiger partial charge < -0.3 is 9.94 Å². The first-order valence-electron chi connectivity index (χ1n) is 4.92. The second-order valence-corrected chi connectivity index (χ2v) is 4.03. The second kappa shape index (κ2) is 3.59. The minimum atomic E-state index is -1.25. The van der Waals surface area contributed by atoms with Crippen molar-refractivity contribution in [3.8, 4) is 0 Å². The Kier molecular flexibility index (Phi) is 2.38. The number of hydrogen-bond donors (Lipinski definition) is 1. The Labute approximate surface area is 92.8 Å². The van der Waals surface area contributed by atoms with E-state index in [0.717, 1.165) is 11.1 Å². The van der Waals surface area contributed by atoms with Gasteiger partial charge in [-0.25, -0.2) is 4.79 Å². The molecule has 1 aromatic heterocycles. The molecule has 5 heteroatoms. The van der Waals surface area contributed by atoms with Gasteiger partial charge in [-0.2, -0.15) is 0 Å². The van der Waals surface area contributed by atoms with E-state index >= 15 is 0 Å². The predicted molar refractivity (Wildman–Crippen MR) is 57.3 cm³/mol. The summed E-state index contributed by atoms with van der Waals surface area (Å²) in [4.78, 5) is 20.0. The van der Waals surface area contributed by atoms with Crippen LogP contribution in [0, 0.1) is 6.92 Å². The molecule has 0 spiro atoms. The number of aromatic nitrogens is 1. The van der Waals surface area contributed by atoms with Crippen LogP contribution >= 0.6 is 0 Å². The molecular formula is C11H12N2O3. The number of nitrogens with zero attached hydrogens (tertiary/aromatic N) is 2. The van der Waals surface area contributed by atoms with Crippen LogP contribution in [0.2, 0.25) is 0 Å². The number of carboxylic acid groups (broad SMARTS) is 1. The molecule has 84 valence electrons. The van der Waals surface area contributed by atoms with Crippen LogP contribution in [-0.4, -0.2) is 27.4 Å². The Morgan fingerprint density at radius 3 is 2.94 bits per heavy atom. The molecule has 0 radical (unpaired) electrons. The summed E-state index contributed by atoms with van der Waals surface area (Å²) < 4.78 is 0. The Morgan fingerprint density at radius 1 is 1.62 bits per heavy atom. The molecule has 0 aromatic carbocycles. The lowest BCUT2D eigenvalue weighted by atomic mass is 9.95. The molecule has 0 fully saturated rings. The highest BCUT2D eigenvalue weighted by Gasteiger charge is 2.42. The number of oxime groups is 1. The van der Waals surface area contributed by atoms with E-state index in [1.165, 1.54) is 6.92 Å². The molecule has 1 unspecified atom stereocenters. The molecule has 2 rings (SSSR count). The number of rotatable bonds is 2. The topological polar surface area (TPSA) is 71.8 Å². The zero-order chi connectivity index (χ0) is 11.8. The molecule has 1 N–H and O–H groups in total. The third-order valence-corrected chi connectivity index (χ3v) is 2.66. The van der Waals surface area contributed by atoms with E-state index < -0.39 is 11.6 Å². The first-order chi connectivity index (χ1) is 7.53. The molecule has 0 amide bonds. The van der Waals surface area contributed by atoms with Crippen LogP contribution < -0.4 is 0 Å². The Balaban J connectivity index is 2.28. The lowest BCUT2D eigenvalue weighted by Crippen LogP contribution is -2.35. The quantitative estimate of drug-likeness (QED) is 0.816. The van der Waals surface area contributed by atoms with Gasteiger partial charge in [0.2, 0.25) is 5.60 Å². The smallest absolute Gasteiger partial charge is 0.351 e. The van der Waals surface area contributed by atoms with Crippen molar-refractivity contribution in [3.05, 3.63) is 29.6 Å². The lowest BCUT2D eigenvalue weighted by Gasteiger charge is -2.14. The third kappa shape index (κ3) is 1.64. The molecule has 5 nitrogen and oxygen atoms in total. The van der Waals surface area contributed by atoms with Crippen molar-refractivity contribution in [2.75, 3.05) is 0 Å². The van der Waals surface area contributed by atoms with Crippen LogP contribution in [0.5, 0.6) is 0 Å². The lowest BCUT2D eigenvalue weighted by molar-refractivity contribution is -0.160. The summed E-state index contributed by atoms with van der Waals surface area (Å²) in [6.45, 7) is 3.44.